The van der Waals surface area contributed by atoms with Gasteiger partial charge in [0.2, 0.25) is 0 Å². The fraction of sp³-hybridized carbons (Fsp3) is 0.600. The Labute approximate surface area is 116 Å². The Balaban J connectivity index is 2.57. The molecule has 5 heteroatoms. The standard InChI is InChI=1S/C15H19F4N/c1-13(2,3)14(7-4-8-20-14)10-5-6-12(16)11(9-10)15(17,18)19/h5-6,9,20H,4,7-8H2,1-3H3. The van der Waals surface area contributed by atoms with E-state index in [9.17, 15) is 17.6 Å². The molecule has 0 aliphatic carbocycles. The van der Waals surface area contributed by atoms with Crippen LogP contribution in [0.15, 0.2) is 18.2 Å². The van der Waals surface area contributed by atoms with E-state index in [1.807, 2.05) is 20.8 Å². The lowest BCUT2D eigenvalue weighted by atomic mass is 9.68. The molecule has 0 spiro atoms. The van der Waals surface area contributed by atoms with Crippen LogP contribution in [0.2, 0.25) is 0 Å². The Kier molecular flexibility index (Phi) is 3.61. The average molecular weight is 289 g/mol. The Hall–Kier alpha value is -1.10. The number of hydrogen-bond acceptors (Lipinski definition) is 1. The maximum absolute atomic E-state index is 13.4. The van der Waals surface area contributed by atoms with Crippen molar-refractivity contribution >= 4 is 0 Å². The summed E-state index contributed by atoms with van der Waals surface area (Å²) in [6.07, 6.45) is -3.02. The largest absolute Gasteiger partial charge is 0.419 e. The Bertz CT molecular complexity index is 494. The SMILES string of the molecule is CC(C)(C)C1(c2ccc(F)c(C(F)(F)F)c2)CCCN1. The molecule has 1 N–H and O–H groups in total. The molecule has 1 fully saturated rings. The third-order valence-corrected chi connectivity index (χ3v) is 4.20. The first-order valence-electron chi connectivity index (χ1n) is 6.70. The van der Waals surface area contributed by atoms with E-state index < -0.39 is 23.1 Å². The normalized spacial score (nSPS) is 24.1. The van der Waals surface area contributed by atoms with Crippen molar-refractivity contribution in [1.29, 1.82) is 0 Å². The van der Waals surface area contributed by atoms with Crippen LogP contribution in [0.3, 0.4) is 0 Å². The summed E-state index contributed by atoms with van der Waals surface area (Å²) in [6, 6.07) is 3.35. The molecule has 0 radical (unpaired) electrons. The van der Waals surface area contributed by atoms with Gasteiger partial charge >= 0.3 is 6.18 Å². The van der Waals surface area contributed by atoms with Crippen LogP contribution in [-0.2, 0) is 11.7 Å². The number of benzene rings is 1. The highest BCUT2D eigenvalue weighted by atomic mass is 19.4. The van der Waals surface area contributed by atoms with Crippen LogP contribution in [0.1, 0.15) is 44.7 Å². The van der Waals surface area contributed by atoms with Gasteiger partial charge in [-0.05, 0) is 42.5 Å². The molecule has 1 saturated heterocycles. The molecule has 1 heterocycles. The summed E-state index contributed by atoms with van der Waals surface area (Å²) in [5, 5.41) is 3.33. The fourth-order valence-corrected chi connectivity index (χ4v) is 3.07. The molecule has 1 aromatic rings. The van der Waals surface area contributed by atoms with Gasteiger partial charge in [-0.3, -0.25) is 0 Å². The third kappa shape index (κ3) is 2.43. The molecule has 2 rings (SSSR count). The number of hydrogen-bond donors (Lipinski definition) is 1. The summed E-state index contributed by atoms with van der Waals surface area (Å²) in [5.74, 6) is -1.22. The van der Waals surface area contributed by atoms with Crippen molar-refractivity contribution in [2.24, 2.45) is 5.41 Å². The first-order valence-corrected chi connectivity index (χ1v) is 6.70. The maximum atomic E-state index is 13.4. The van der Waals surface area contributed by atoms with Crippen LogP contribution in [0.5, 0.6) is 0 Å². The molecule has 1 aliphatic heterocycles. The molecular weight excluding hydrogens is 270 g/mol. The maximum Gasteiger partial charge on any atom is 0.419 e. The molecule has 0 bridgehead atoms. The first kappa shape index (κ1) is 15.3. The minimum atomic E-state index is -4.67. The summed E-state index contributed by atoms with van der Waals surface area (Å²) in [5.41, 5.74) is -1.48. The molecule has 112 valence electrons. The van der Waals surface area contributed by atoms with Crippen molar-refractivity contribution in [3.05, 3.63) is 35.1 Å². The zero-order chi connectivity index (χ0) is 15.2. The van der Waals surface area contributed by atoms with Gasteiger partial charge in [-0.15, -0.1) is 0 Å². The van der Waals surface area contributed by atoms with E-state index in [0.717, 1.165) is 31.5 Å². The zero-order valence-electron chi connectivity index (χ0n) is 11.9. The van der Waals surface area contributed by atoms with Gasteiger partial charge in [0.15, 0.2) is 0 Å². The van der Waals surface area contributed by atoms with Crippen molar-refractivity contribution in [2.45, 2.75) is 45.3 Å². The van der Waals surface area contributed by atoms with Crippen LogP contribution in [0.4, 0.5) is 17.6 Å². The van der Waals surface area contributed by atoms with Gasteiger partial charge in [0.1, 0.15) is 5.82 Å². The second kappa shape index (κ2) is 4.72. The smallest absolute Gasteiger partial charge is 0.307 e. The highest BCUT2D eigenvalue weighted by molar-refractivity contribution is 5.34. The van der Waals surface area contributed by atoms with E-state index in [1.54, 1.807) is 0 Å². The van der Waals surface area contributed by atoms with Crippen molar-refractivity contribution in [1.82, 2.24) is 5.32 Å². The molecular formula is C15H19F4N. The molecule has 0 amide bonds. The first-order chi connectivity index (χ1) is 9.08. The number of alkyl halides is 3. The third-order valence-electron chi connectivity index (χ3n) is 4.20. The van der Waals surface area contributed by atoms with E-state index in [-0.39, 0.29) is 5.41 Å². The lowest BCUT2D eigenvalue weighted by Crippen LogP contribution is -2.48. The number of halogens is 4. The Morgan fingerprint density at radius 2 is 1.80 bits per heavy atom. The van der Waals surface area contributed by atoms with Crippen molar-refractivity contribution in [3.63, 3.8) is 0 Å². The van der Waals surface area contributed by atoms with Crippen molar-refractivity contribution < 1.29 is 17.6 Å². The predicted molar refractivity (Wildman–Crippen MR) is 69.8 cm³/mol. The van der Waals surface area contributed by atoms with E-state index >= 15 is 0 Å². The Morgan fingerprint density at radius 1 is 1.15 bits per heavy atom. The van der Waals surface area contributed by atoms with E-state index in [4.69, 9.17) is 0 Å². The summed E-state index contributed by atoms with van der Waals surface area (Å²) >= 11 is 0. The molecule has 1 aliphatic rings. The van der Waals surface area contributed by atoms with E-state index in [0.29, 0.717) is 5.56 Å². The van der Waals surface area contributed by atoms with Crippen LogP contribution < -0.4 is 5.32 Å². The van der Waals surface area contributed by atoms with Crippen LogP contribution >= 0.6 is 0 Å². The number of rotatable bonds is 1. The van der Waals surface area contributed by atoms with E-state index in [2.05, 4.69) is 5.32 Å². The van der Waals surface area contributed by atoms with Gasteiger partial charge < -0.3 is 5.32 Å². The molecule has 1 nitrogen and oxygen atoms in total. The topological polar surface area (TPSA) is 12.0 Å². The summed E-state index contributed by atoms with van der Waals surface area (Å²) < 4.78 is 52.1. The van der Waals surface area contributed by atoms with Gasteiger partial charge in [-0.2, -0.15) is 13.2 Å². The van der Waals surface area contributed by atoms with Gasteiger partial charge in [-0.1, -0.05) is 26.8 Å². The second-order valence-electron chi connectivity index (χ2n) is 6.38. The molecule has 1 unspecified atom stereocenters. The molecule has 0 saturated carbocycles. The minimum absolute atomic E-state index is 0.260. The zero-order valence-corrected chi connectivity index (χ0v) is 11.9. The second-order valence-corrected chi connectivity index (χ2v) is 6.38. The number of nitrogens with one attached hydrogen (secondary N) is 1. The highest BCUT2D eigenvalue weighted by Crippen LogP contribution is 2.46. The van der Waals surface area contributed by atoms with Gasteiger partial charge in [0, 0.05) is 5.54 Å². The van der Waals surface area contributed by atoms with E-state index in [1.165, 1.54) is 6.07 Å². The Morgan fingerprint density at radius 3 is 2.25 bits per heavy atom. The summed E-state index contributed by atoms with van der Waals surface area (Å²) in [7, 11) is 0. The predicted octanol–water partition coefficient (Wildman–Crippen LogP) is 4.47. The minimum Gasteiger partial charge on any atom is -0.307 e. The molecule has 1 aromatic carbocycles. The van der Waals surface area contributed by atoms with Crippen molar-refractivity contribution in [3.8, 4) is 0 Å². The molecule has 0 aromatic heterocycles. The van der Waals surface area contributed by atoms with Gasteiger partial charge in [0.05, 0.1) is 5.56 Å². The van der Waals surface area contributed by atoms with Crippen molar-refractivity contribution in [2.75, 3.05) is 6.54 Å². The van der Waals surface area contributed by atoms with Crippen LogP contribution in [0, 0.1) is 11.2 Å². The molecule has 20 heavy (non-hydrogen) atoms. The van der Waals surface area contributed by atoms with Gasteiger partial charge in [-0.25, -0.2) is 4.39 Å². The lowest BCUT2D eigenvalue weighted by Gasteiger charge is -2.43. The molecule has 1 atom stereocenters. The lowest BCUT2D eigenvalue weighted by molar-refractivity contribution is -0.140. The highest BCUT2D eigenvalue weighted by Gasteiger charge is 2.46. The average Bonchev–Trinajstić information content (AvgIpc) is 2.77. The van der Waals surface area contributed by atoms with Gasteiger partial charge in [0.25, 0.3) is 0 Å². The fourth-order valence-electron chi connectivity index (χ4n) is 3.07. The monoisotopic (exact) mass is 289 g/mol. The summed E-state index contributed by atoms with van der Waals surface area (Å²) in [6.45, 7) is 6.72. The van der Waals surface area contributed by atoms with Crippen LogP contribution in [-0.4, -0.2) is 6.54 Å². The summed E-state index contributed by atoms with van der Waals surface area (Å²) in [4.78, 5) is 0. The van der Waals surface area contributed by atoms with Crippen LogP contribution in [0.25, 0.3) is 0 Å². The quantitative estimate of drug-likeness (QED) is 0.752.